The van der Waals surface area contributed by atoms with Gasteiger partial charge in [0.05, 0.1) is 6.10 Å². The van der Waals surface area contributed by atoms with Crippen LogP contribution in [0.1, 0.15) is 41.0 Å². The van der Waals surface area contributed by atoms with E-state index >= 15 is 0 Å². The SMILES string of the molecule is COCCC(C)C(O)C1C(C)(C)C1(C)C. The fraction of sp³-hybridized carbons (Fsp3) is 1.00. The van der Waals surface area contributed by atoms with Gasteiger partial charge >= 0.3 is 0 Å². The van der Waals surface area contributed by atoms with Gasteiger partial charge < -0.3 is 9.84 Å². The lowest BCUT2D eigenvalue weighted by molar-refractivity contribution is 0.0571. The molecule has 1 aliphatic carbocycles. The van der Waals surface area contributed by atoms with Crippen LogP contribution in [0, 0.1) is 22.7 Å². The van der Waals surface area contributed by atoms with E-state index in [0.29, 0.717) is 11.8 Å². The highest BCUT2D eigenvalue weighted by molar-refractivity contribution is 5.15. The monoisotopic (exact) mass is 214 g/mol. The van der Waals surface area contributed by atoms with Crippen LogP contribution in [0.4, 0.5) is 0 Å². The Labute approximate surface area is 94.0 Å². The van der Waals surface area contributed by atoms with E-state index in [2.05, 4.69) is 34.6 Å². The first-order chi connectivity index (χ1) is 6.76. The number of methoxy groups -OCH3 is 1. The third-order valence-corrected chi connectivity index (χ3v) is 4.83. The normalized spacial score (nSPS) is 27.4. The Morgan fingerprint density at radius 2 is 1.67 bits per heavy atom. The maximum Gasteiger partial charge on any atom is 0.0605 e. The van der Waals surface area contributed by atoms with Crippen molar-refractivity contribution < 1.29 is 9.84 Å². The van der Waals surface area contributed by atoms with E-state index in [1.54, 1.807) is 7.11 Å². The van der Waals surface area contributed by atoms with Crippen LogP contribution in [0.5, 0.6) is 0 Å². The molecule has 90 valence electrons. The highest BCUT2D eigenvalue weighted by Gasteiger charge is 2.67. The Morgan fingerprint density at radius 1 is 1.20 bits per heavy atom. The third-order valence-electron chi connectivity index (χ3n) is 4.83. The molecule has 1 N–H and O–H groups in total. The molecule has 0 saturated heterocycles. The molecule has 2 unspecified atom stereocenters. The van der Waals surface area contributed by atoms with Gasteiger partial charge in [-0.15, -0.1) is 0 Å². The van der Waals surface area contributed by atoms with E-state index in [1.807, 2.05) is 0 Å². The van der Waals surface area contributed by atoms with E-state index in [-0.39, 0.29) is 16.9 Å². The molecule has 2 atom stereocenters. The van der Waals surface area contributed by atoms with Crippen LogP contribution in [0.3, 0.4) is 0 Å². The zero-order chi connectivity index (χ0) is 11.9. The Hall–Kier alpha value is -0.0800. The van der Waals surface area contributed by atoms with Crippen molar-refractivity contribution in [2.75, 3.05) is 13.7 Å². The number of hydrogen-bond donors (Lipinski definition) is 1. The van der Waals surface area contributed by atoms with Gasteiger partial charge in [-0.1, -0.05) is 34.6 Å². The lowest BCUT2D eigenvalue weighted by atomic mass is 9.93. The molecular formula is C13H26O2. The smallest absolute Gasteiger partial charge is 0.0605 e. The van der Waals surface area contributed by atoms with Crippen molar-refractivity contribution in [3.63, 3.8) is 0 Å². The largest absolute Gasteiger partial charge is 0.393 e. The van der Waals surface area contributed by atoms with Crippen LogP contribution in [0.15, 0.2) is 0 Å². The highest BCUT2D eigenvalue weighted by atomic mass is 16.5. The van der Waals surface area contributed by atoms with Crippen LogP contribution in [0.25, 0.3) is 0 Å². The molecule has 0 amide bonds. The van der Waals surface area contributed by atoms with Gasteiger partial charge in [-0.2, -0.15) is 0 Å². The van der Waals surface area contributed by atoms with Crippen molar-refractivity contribution in [1.29, 1.82) is 0 Å². The van der Waals surface area contributed by atoms with Gasteiger partial charge in [0.2, 0.25) is 0 Å². The first-order valence-electron chi connectivity index (χ1n) is 5.93. The average Bonchev–Trinajstić information content (AvgIpc) is 2.52. The minimum Gasteiger partial charge on any atom is -0.393 e. The number of rotatable bonds is 5. The van der Waals surface area contributed by atoms with E-state index in [0.717, 1.165) is 13.0 Å². The summed E-state index contributed by atoms with van der Waals surface area (Å²) in [5.41, 5.74) is 0.543. The number of ether oxygens (including phenoxy) is 1. The van der Waals surface area contributed by atoms with Gasteiger partial charge in [0.15, 0.2) is 0 Å². The molecule has 0 aromatic rings. The molecule has 0 spiro atoms. The molecule has 0 aromatic heterocycles. The first-order valence-corrected chi connectivity index (χ1v) is 5.93. The molecule has 0 aliphatic heterocycles. The Morgan fingerprint density at radius 3 is 2.00 bits per heavy atom. The highest BCUT2D eigenvalue weighted by Crippen LogP contribution is 2.70. The van der Waals surface area contributed by atoms with Gasteiger partial charge in [-0.3, -0.25) is 0 Å². The molecule has 1 fully saturated rings. The van der Waals surface area contributed by atoms with Crippen molar-refractivity contribution in [1.82, 2.24) is 0 Å². The quantitative estimate of drug-likeness (QED) is 0.762. The predicted molar refractivity (Wildman–Crippen MR) is 62.7 cm³/mol. The fourth-order valence-electron chi connectivity index (χ4n) is 2.90. The Kier molecular flexibility index (Phi) is 3.52. The van der Waals surface area contributed by atoms with Crippen LogP contribution >= 0.6 is 0 Å². The predicted octanol–water partition coefficient (Wildman–Crippen LogP) is 2.70. The first kappa shape index (κ1) is 13.0. The van der Waals surface area contributed by atoms with E-state index < -0.39 is 0 Å². The molecule has 0 aromatic carbocycles. The molecule has 15 heavy (non-hydrogen) atoms. The molecule has 0 heterocycles. The topological polar surface area (TPSA) is 29.5 Å². The number of aliphatic hydroxyl groups is 1. The van der Waals surface area contributed by atoms with Crippen molar-refractivity contribution in [3.05, 3.63) is 0 Å². The second kappa shape index (κ2) is 4.06. The van der Waals surface area contributed by atoms with Crippen LogP contribution < -0.4 is 0 Å². The average molecular weight is 214 g/mol. The van der Waals surface area contributed by atoms with Crippen LogP contribution in [-0.4, -0.2) is 24.9 Å². The molecule has 2 nitrogen and oxygen atoms in total. The summed E-state index contributed by atoms with van der Waals surface area (Å²) in [7, 11) is 1.71. The number of hydrogen-bond acceptors (Lipinski definition) is 2. The lowest BCUT2D eigenvalue weighted by Gasteiger charge is -2.20. The summed E-state index contributed by atoms with van der Waals surface area (Å²) in [5.74, 6) is 0.757. The standard InChI is InChI=1S/C13H26O2/c1-9(7-8-15-6)10(14)11-12(2,3)13(11,4)5/h9-11,14H,7-8H2,1-6H3. The van der Waals surface area contributed by atoms with Crippen molar-refractivity contribution in [3.8, 4) is 0 Å². The lowest BCUT2D eigenvalue weighted by Crippen LogP contribution is -2.24. The molecular weight excluding hydrogens is 188 g/mol. The summed E-state index contributed by atoms with van der Waals surface area (Å²) in [5, 5.41) is 10.3. The molecule has 1 rings (SSSR count). The van der Waals surface area contributed by atoms with Gasteiger partial charge in [0.25, 0.3) is 0 Å². The van der Waals surface area contributed by atoms with Gasteiger partial charge in [-0.05, 0) is 29.1 Å². The summed E-state index contributed by atoms with van der Waals surface area (Å²) >= 11 is 0. The van der Waals surface area contributed by atoms with Gasteiger partial charge in [-0.25, -0.2) is 0 Å². The zero-order valence-corrected chi connectivity index (χ0v) is 11.0. The fourth-order valence-corrected chi connectivity index (χ4v) is 2.90. The van der Waals surface area contributed by atoms with E-state index in [9.17, 15) is 5.11 Å². The summed E-state index contributed by atoms with van der Waals surface area (Å²) in [6.07, 6.45) is 0.755. The minimum absolute atomic E-state index is 0.190. The molecule has 1 saturated carbocycles. The van der Waals surface area contributed by atoms with E-state index in [4.69, 9.17) is 4.74 Å². The summed E-state index contributed by atoms with van der Waals surface area (Å²) in [4.78, 5) is 0. The Bertz CT molecular complexity index is 207. The van der Waals surface area contributed by atoms with Crippen LogP contribution in [0.2, 0.25) is 0 Å². The second-order valence-corrected chi connectivity index (χ2v) is 6.17. The summed E-state index contributed by atoms with van der Waals surface area (Å²) < 4.78 is 5.06. The third kappa shape index (κ3) is 2.07. The van der Waals surface area contributed by atoms with Crippen molar-refractivity contribution in [2.45, 2.75) is 47.1 Å². The maximum absolute atomic E-state index is 10.3. The maximum atomic E-state index is 10.3. The zero-order valence-electron chi connectivity index (χ0n) is 11.0. The summed E-state index contributed by atoms with van der Waals surface area (Å²) in [6, 6.07) is 0. The van der Waals surface area contributed by atoms with E-state index in [1.165, 1.54) is 0 Å². The number of aliphatic hydroxyl groups excluding tert-OH is 1. The van der Waals surface area contributed by atoms with Crippen molar-refractivity contribution in [2.24, 2.45) is 22.7 Å². The Balaban J connectivity index is 2.52. The van der Waals surface area contributed by atoms with Crippen LogP contribution in [-0.2, 0) is 4.74 Å². The van der Waals surface area contributed by atoms with Gasteiger partial charge in [0, 0.05) is 13.7 Å². The van der Waals surface area contributed by atoms with Crippen molar-refractivity contribution >= 4 is 0 Å². The molecule has 0 radical (unpaired) electrons. The molecule has 1 aliphatic rings. The van der Waals surface area contributed by atoms with Gasteiger partial charge in [0.1, 0.15) is 0 Å². The summed E-state index contributed by atoms with van der Waals surface area (Å²) in [6.45, 7) is 11.9. The second-order valence-electron chi connectivity index (χ2n) is 6.17. The molecule has 0 bridgehead atoms. The minimum atomic E-state index is -0.190. The molecule has 2 heteroatoms.